The minimum atomic E-state index is -3.19. The van der Waals surface area contributed by atoms with Gasteiger partial charge in [0.05, 0.1) is 19.5 Å². The quantitative estimate of drug-likeness (QED) is 0.560. The Morgan fingerprint density at radius 3 is 2.08 bits per heavy atom. The topological polar surface area (TPSA) is 63.4 Å². The van der Waals surface area contributed by atoms with E-state index in [0.717, 1.165) is 0 Å². The summed E-state index contributed by atoms with van der Waals surface area (Å²) in [5.74, 6) is -5.00. The average molecular weight is 178 g/mol. The molecule has 1 fully saturated rings. The van der Waals surface area contributed by atoms with E-state index >= 15 is 0 Å². The van der Waals surface area contributed by atoms with Crippen molar-refractivity contribution in [3.8, 4) is 0 Å². The molecule has 1 rings (SSSR count). The van der Waals surface area contributed by atoms with Gasteiger partial charge in [0.2, 0.25) is 11.8 Å². The largest absolute Gasteiger partial charge is 0.313 e. The summed E-state index contributed by atoms with van der Waals surface area (Å²) in [6.07, 6.45) is -1.84. The SMILES string of the molecule is NCN1C(=O)CC(F)(F)CC1=O. The number of halogens is 2. The fourth-order valence-electron chi connectivity index (χ4n) is 1.04. The first kappa shape index (κ1) is 9.05. The van der Waals surface area contributed by atoms with Crippen LogP contribution in [-0.2, 0) is 9.59 Å². The van der Waals surface area contributed by atoms with Crippen LogP contribution in [0.3, 0.4) is 0 Å². The highest BCUT2D eigenvalue weighted by Crippen LogP contribution is 2.28. The van der Waals surface area contributed by atoms with Crippen LogP contribution in [0.25, 0.3) is 0 Å². The second kappa shape index (κ2) is 2.78. The third-order valence-corrected chi connectivity index (χ3v) is 1.60. The van der Waals surface area contributed by atoms with Crippen LogP contribution >= 0.6 is 0 Å². The number of rotatable bonds is 1. The zero-order chi connectivity index (χ0) is 9.35. The summed E-state index contributed by atoms with van der Waals surface area (Å²) in [5.41, 5.74) is 5.01. The number of imide groups is 1. The number of alkyl halides is 2. The molecule has 0 aromatic carbocycles. The number of nitrogens with two attached hydrogens (primary N) is 1. The predicted molar refractivity (Wildman–Crippen MR) is 35.1 cm³/mol. The van der Waals surface area contributed by atoms with Gasteiger partial charge in [-0.2, -0.15) is 0 Å². The van der Waals surface area contributed by atoms with Gasteiger partial charge < -0.3 is 5.73 Å². The van der Waals surface area contributed by atoms with E-state index in [1.165, 1.54) is 0 Å². The number of likely N-dealkylation sites (tertiary alicyclic amines) is 1. The molecule has 1 aliphatic heterocycles. The van der Waals surface area contributed by atoms with E-state index in [2.05, 4.69) is 0 Å². The molecule has 2 N–H and O–H groups in total. The molecule has 0 radical (unpaired) electrons. The molecule has 1 aliphatic rings. The summed E-state index contributed by atoms with van der Waals surface area (Å²) in [4.78, 5) is 22.2. The van der Waals surface area contributed by atoms with E-state index in [9.17, 15) is 18.4 Å². The molecule has 0 unspecified atom stereocenters. The van der Waals surface area contributed by atoms with Crippen molar-refractivity contribution in [2.45, 2.75) is 18.8 Å². The van der Waals surface area contributed by atoms with Gasteiger partial charge in [0, 0.05) is 0 Å². The Balaban J connectivity index is 2.77. The first-order valence-corrected chi connectivity index (χ1v) is 3.37. The molecule has 68 valence electrons. The van der Waals surface area contributed by atoms with Crippen molar-refractivity contribution in [1.82, 2.24) is 4.90 Å². The van der Waals surface area contributed by atoms with Crippen LogP contribution in [0.1, 0.15) is 12.8 Å². The van der Waals surface area contributed by atoms with Crippen LogP contribution in [0, 0.1) is 0 Å². The van der Waals surface area contributed by atoms with Crippen LogP contribution in [0.2, 0.25) is 0 Å². The molecule has 0 aliphatic carbocycles. The van der Waals surface area contributed by atoms with Gasteiger partial charge in [0.15, 0.2) is 0 Å². The van der Waals surface area contributed by atoms with Gasteiger partial charge in [0.1, 0.15) is 0 Å². The number of hydrogen-bond donors (Lipinski definition) is 1. The Bertz CT molecular complexity index is 210. The molecular formula is C6H8F2N2O2. The monoisotopic (exact) mass is 178 g/mol. The van der Waals surface area contributed by atoms with Crippen LogP contribution < -0.4 is 5.73 Å². The number of piperidine rings is 1. The summed E-state index contributed by atoms with van der Waals surface area (Å²) in [5, 5.41) is 0. The van der Waals surface area contributed by atoms with Crippen LogP contribution in [0.5, 0.6) is 0 Å². The van der Waals surface area contributed by atoms with E-state index in [1.54, 1.807) is 0 Å². The lowest BCUT2D eigenvalue weighted by molar-refractivity contribution is -0.162. The highest BCUT2D eigenvalue weighted by atomic mass is 19.3. The molecule has 6 heteroatoms. The lowest BCUT2D eigenvalue weighted by atomic mass is 10.1. The highest BCUT2D eigenvalue weighted by molar-refractivity contribution is 5.98. The average Bonchev–Trinajstić information content (AvgIpc) is 1.82. The van der Waals surface area contributed by atoms with Gasteiger partial charge in [-0.3, -0.25) is 14.5 Å². The summed E-state index contributed by atoms with van der Waals surface area (Å²) in [7, 11) is 0. The molecule has 0 atom stereocenters. The first-order chi connectivity index (χ1) is 5.46. The third-order valence-electron chi connectivity index (χ3n) is 1.60. The molecule has 4 nitrogen and oxygen atoms in total. The van der Waals surface area contributed by atoms with Crippen molar-refractivity contribution in [2.75, 3.05) is 6.67 Å². The fourth-order valence-corrected chi connectivity index (χ4v) is 1.04. The number of nitrogens with zero attached hydrogens (tertiary/aromatic N) is 1. The van der Waals surface area contributed by atoms with E-state index in [-0.39, 0.29) is 6.67 Å². The summed E-state index contributed by atoms with van der Waals surface area (Å²) < 4.78 is 25.0. The molecule has 12 heavy (non-hydrogen) atoms. The molecule has 0 aromatic rings. The Morgan fingerprint density at radius 2 is 1.75 bits per heavy atom. The Morgan fingerprint density at radius 1 is 1.33 bits per heavy atom. The van der Waals surface area contributed by atoms with Gasteiger partial charge >= 0.3 is 0 Å². The minimum Gasteiger partial charge on any atom is -0.313 e. The van der Waals surface area contributed by atoms with Crippen molar-refractivity contribution in [3.05, 3.63) is 0 Å². The van der Waals surface area contributed by atoms with Gasteiger partial charge in [-0.1, -0.05) is 0 Å². The predicted octanol–water partition coefficient (Wildman–Crippen LogP) is -0.313. The molecule has 1 heterocycles. The Hall–Kier alpha value is -1.04. The van der Waals surface area contributed by atoms with Crippen LogP contribution in [0.4, 0.5) is 8.78 Å². The number of amides is 2. The molecule has 2 amide bonds. The lowest BCUT2D eigenvalue weighted by Crippen LogP contribution is -2.49. The standard InChI is InChI=1S/C6H8F2N2O2/c7-6(8)1-4(11)10(3-9)5(12)2-6/h1-3,9H2. The molecule has 0 bridgehead atoms. The van der Waals surface area contributed by atoms with E-state index in [4.69, 9.17) is 5.73 Å². The van der Waals surface area contributed by atoms with Crippen molar-refractivity contribution >= 4 is 11.8 Å². The summed E-state index contributed by atoms with van der Waals surface area (Å²) >= 11 is 0. The molecule has 0 aromatic heterocycles. The van der Waals surface area contributed by atoms with E-state index in [0.29, 0.717) is 4.90 Å². The number of carbonyl (C=O) groups is 2. The smallest absolute Gasteiger partial charge is 0.265 e. The van der Waals surface area contributed by atoms with Gasteiger partial charge in [0.25, 0.3) is 5.92 Å². The maximum Gasteiger partial charge on any atom is 0.265 e. The first-order valence-electron chi connectivity index (χ1n) is 3.37. The lowest BCUT2D eigenvalue weighted by Gasteiger charge is -2.28. The zero-order valence-corrected chi connectivity index (χ0v) is 6.22. The highest BCUT2D eigenvalue weighted by Gasteiger charge is 2.43. The summed E-state index contributed by atoms with van der Waals surface area (Å²) in [6, 6.07) is 0. The Labute approximate surface area is 67.3 Å². The zero-order valence-electron chi connectivity index (χ0n) is 6.22. The number of hydrogen-bond acceptors (Lipinski definition) is 3. The van der Waals surface area contributed by atoms with Gasteiger partial charge in [-0.15, -0.1) is 0 Å². The Kier molecular flexibility index (Phi) is 2.10. The third kappa shape index (κ3) is 1.58. The van der Waals surface area contributed by atoms with Crippen molar-refractivity contribution in [1.29, 1.82) is 0 Å². The van der Waals surface area contributed by atoms with Gasteiger partial charge in [-0.05, 0) is 0 Å². The second-order valence-electron chi connectivity index (χ2n) is 2.61. The van der Waals surface area contributed by atoms with Crippen LogP contribution in [0.15, 0.2) is 0 Å². The maximum atomic E-state index is 12.5. The van der Waals surface area contributed by atoms with Crippen LogP contribution in [-0.4, -0.2) is 29.3 Å². The fraction of sp³-hybridized carbons (Fsp3) is 0.667. The van der Waals surface area contributed by atoms with Gasteiger partial charge in [-0.25, -0.2) is 8.78 Å². The minimum absolute atomic E-state index is 0.326. The summed E-state index contributed by atoms with van der Waals surface area (Å²) in [6.45, 7) is -0.326. The number of carbonyl (C=O) groups excluding carboxylic acids is 2. The van der Waals surface area contributed by atoms with Crippen molar-refractivity contribution in [3.63, 3.8) is 0 Å². The molecule has 0 spiro atoms. The second-order valence-corrected chi connectivity index (χ2v) is 2.61. The molecule has 1 saturated heterocycles. The van der Waals surface area contributed by atoms with E-state index in [1.807, 2.05) is 0 Å². The maximum absolute atomic E-state index is 12.5. The normalized spacial score (nSPS) is 23.1. The van der Waals surface area contributed by atoms with Crippen molar-refractivity contribution in [2.24, 2.45) is 5.73 Å². The van der Waals surface area contributed by atoms with Crippen molar-refractivity contribution < 1.29 is 18.4 Å². The van der Waals surface area contributed by atoms with E-state index < -0.39 is 30.6 Å². The molecule has 0 saturated carbocycles. The molecular weight excluding hydrogens is 170 g/mol.